The molecule has 3 rings (SSSR count). The fourth-order valence-corrected chi connectivity index (χ4v) is 2.57. The SMILES string of the molecule is COC(=O)c1ccc(C(=O)NCCOc2ccc3ccccc3c2)cc1. The Labute approximate surface area is 151 Å². The van der Waals surface area contributed by atoms with Crippen molar-refractivity contribution >= 4 is 22.6 Å². The van der Waals surface area contributed by atoms with Crippen LogP contribution in [0.3, 0.4) is 0 Å². The molecule has 1 amide bonds. The average Bonchev–Trinajstić information content (AvgIpc) is 2.70. The fraction of sp³-hybridized carbons (Fsp3) is 0.143. The van der Waals surface area contributed by atoms with Crippen molar-refractivity contribution in [2.75, 3.05) is 20.3 Å². The van der Waals surface area contributed by atoms with Gasteiger partial charge in [-0.15, -0.1) is 0 Å². The van der Waals surface area contributed by atoms with Gasteiger partial charge in [0, 0.05) is 5.56 Å². The standard InChI is InChI=1S/C21H19NO4/c1-25-21(24)17-8-6-16(7-9-17)20(23)22-12-13-26-19-11-10-15-4-2-3-5-18(15)14-19/h2-11,14H,12-13H2,1H3,(H,22,23). The van der Waals surface area contributed by atoms with Crippen LogP contribution in [0.1, 0.15) is 20.7 Å². The molecule has 0 heterocycles. The molecule has 1 N–H and O–H groups in total. The number of rotatable bonds is 6. The Morgan fingerprint density at radius 3 is 2.31 bits per heavy atom. The minimum Gasteiger partial charge on any atom is -0.492 e. The number of fused-ring (bicyclic) bond motifs is 1. The van der Waals surface area contributed by atoms with Crippen molar-refractivity contribution in [1.82, 2.24) is 5.32 Å². The highest BCUT2D eigenvalue weighted by Gasteiger charge is 2.08. The van der Waals surface area contributed by atoms with Crippen LogP contribution in [0.15, 0.2) is 66.7 Å². The molecule has 0 bridgehead atoms. The molecule has 132 valence electrons. The molecule has 3 aromatic rings. The van der Waals surface area contributed by atoms with Crippen molar-refractivity contribution in [1.29, 1.82) is 0 Å². The van der Waals surface area contributed by atoms with Crippen molar-refractivity contribution in [3.63, 3.8) is 0 Å². The molecular formula is C21H19NO4. The Morgan fingerprint density at radius 1 is 0.885 bits per heavy atom. The topological polar surface area (TPSA) is 64.6 Å². The summed E-state index contributed by atoms with van der Waals surface area (Å²) in [6.45, 7) is 0.745. The van der Waals surface area contributed by atoms with Crippen LogP contribution in [0.2, 0.25) is 0 Å². The molecule has 0 aliphatic rings. The lowest BCUT2D eigenvalue weighted by Gasteiger charge is -2.09. The summed E-state index contributed by atoms with van der Waals surface area (Å²) in [6, 6.07) is 20.3. The van der Waals surface area contributed by atoms with Crippen LogP contribution in [0.5, 0.6) is 5.75 Å². The molecule has 0 atom stereocenters. The molecule has 0 aliphatic heterocycles. The molecule has 0 saturated heterocycles. The van der Waals surface area contributed by atoms with Gasteiger partial charge in [-0.25, -0.2) is 4.79 Å². The predicted molar refractivity (Wildman–Crippen MR) is 99.6 cm³/mol. The Morgan fingerprint density at radius 2 is 1.58 bits per heavy atom. The van der Waals surface area contributed by atoms with Crippen LogP contribution < -0.4 is 10.1 Å². The smallest absolute Gasteiger partial charge is 0.337 e. The van der Waals surface area contributed by atoms with E-state index in [1.165, 1.54) is 7.11 Å². The number of nitrogens with one attached hydrogen (secondary N) is 1. The number of amides is 1. The third-order valence-corrected chi connectivity index (χ3v) is 3.95. The minimum atomic E-state index is -0.430. The van der Waals surface area contributed by atoms with E-state index in [0.717, 1.165) is 16.5 Å². The van der Waals surface area contributed by atoms with E-state index in [2.05, 4.69) is 10.1 Å². The first-order valence-electron chi connectivity index (χ1n) is 8.25. The summed E-state index contributed by atoms with van der Waals surface area (Å²) in [5.41, 5.74) is 0.882. The molecule has 5 heteroatoms. The van der Waals surface area contributed by atoms with Crippen molar-refractivity contribution in [2.24, 2.45) is 0 Å². The number of ether oxygens (including phenoxy) is 2. The van der Waals surface area contributed by atoms with E-state index in [4.69, 9.17) is 4.74 Å². The molecule has 0 fully saturated rings. The van der Waals surface area contributed by atoms with E-state index in [1.807, 2.05) is 42.5 Å². The molecule has 0 aliphatic carbocycles. The lowest BCUT2D eigenvalue weighted by molar-refractivity contribution is 0.0600. The Kier molecular flexibility index (Phi) is 5.49. The lowest BCUT2D eigenvalue weighted by atomic mass is 10.1. The minimum absolute atomic E-state index is 0.219. The van der Waals surface area contributed by atoms with Crippen LogP contribution >= 0.6 is 0 Å². The van der Waals surface area contributed by atoms with Crippen LogP contribution in [-0.2, 0) is 4.74 Å². The van der Waals surface area contributed by atoms with Crippen LogP contribution in [0.4, 0.5) is 0 Å². The quantitative estimate of drug-likeness (QED) is 0.547. The molecule has 0 spiro atoms. The first-order valence-corrected chi connectivity index (χ1v) is 8.25. The Hall–Kier alpha value is -3.34. The highest BCUT2D eigenvalue weighted by atomic mass is 16.5. The number of benzene rings is 3. The zero-order valence-corrected chi connectivity index (χ0v) is 14.4. The highest BCUT2D eigenvalue weighted by Crippen LogP contribution is 2.20. The zero-order valence-electron chi connectivity index (χ0n) is 14.4. The van der Waals surface area contributed by atoms with Crippen LogP contribution in [-0.4, -0.2) is 32.1 Å². The second-order valence-electron chi connectivity index (χ2n) is 5.68. The Bertz CT molecular complexity index is 919. The van der Waals surface area contributed by atoms with Gasteiger partial charge in [0.15, 0.2) is 0 Å². The first kappa shape index (κ1) is 17.5. The highest BCUT2D eigenvalue weighted by molar-refractivity contribution is 5.96. The van der Waals surface area contributed by atoms with Crippen LogP contribution in [0.25, 0.3) is 10.8 Å². The van der Waals surface area contributed by atoms with Crippen molar-refractivity contribution in [3.8, 4) is 5.75 Å². The number of hydrogen-bond donors (Lipinski definition) is 1. The molecule has 5 nitrogen and oxygen atoms in total. The molecule has 26 heavy (non-hydrogen) atoms. The van der Waals surface area contributed by atoms with E-state index < -0.39 is 5.97 Å². The molecule has 0 saturated carbocycles. The normalized spacial score (nSPS) is 10.3. The molecule has 3 aromatic carbocycles. The monoisotopic (exact) mass is 349 g/mol. The summed E-state index contributed by atoms with van der Waals surface area (Å²) >= 11 is 0. The Balaban J connectivity index is 1.49. The first-order chi connectivity index (χ1) is 12.7. The van der Waals surface area contributed by atoms with E-state index in [0.29, 0.717) is 24.3 Å². The summed E-state index contributed by atoms with van der Waals surface area (Å²) in [5, 5.41) is 5.06. The third kappa shape index (κ3) is 4.19. The molecular weight excluding hydrogens is 330 g/mol. The number of hydrogen-bond acceptors (Lipinski definition) is 4. The number of carbonyl (C=O) groups excluding carboxylic acids is 2. The summed E-state index contributed by atoms with van der Waals surface area (Å²) in [5.74, 6) is 0.115. The maximum atomic E-state index is 12.1. The van der Waals surface area contributed by atoms with Crippen LogP contribution in [0, 0.1) is 0 Å². The lowest BCUT2D eigenvalue weighted by Crippen LogP contribution is -2.28. The average molecular weight is 349 g/mol. The van der Waals surface area contributed by atoms with E-state index >= 15 is 0 Å². The van der Waals surface area contributed by atoms with Crippen molar-refractivity contribution in [3.05, 3.63) is 77.9 Å². The number of methoxy groups -OCH3 is 1. The van der Waals surface area contributed by atoms with Gasteiger partial charge < -0.3 is 14.8 Å². The van der Waals surface area contributed by atoms with Gasteiger partial charge in [0.1, 0.15) is 12.4 Å². The van der Waals surface area contributed by atoms with E-state index in [9.17, 15) is 9.59 Å². The second-order valence-corrected chi connectivity index (χ2v) is 5.68. The maximum Gasteiger partial charge on any atom is 0.337 e. The van der Waals surface area contributed by atoms with Gasteiger partial charge in [-0.05, 0) is 47.2 Å². The summed E-state index contributed by atoms with van der Waals surface area (Å²) in [7, 11) is 1.32. The third-order valence-electron chi connectivity index (χ3n) is 3.95. The number of esters is 1. The van der Waals surface area contributed by atoms with Gasteiger partial charge >= 0.3 is 5.97 Å². The largest absolute Gasteiger partial charge is 0.492 e. The predicted octanol–water partition coefficient (Wildman–Crippen LogP) is 3.44. The van der Waals surface area contributed by atoms with Gasteiger partial charge in [0.2, 0.25) is 0 Å². The van der Waals surface area contributed by atoms with Gasteiger partial charge in [-0.1, -0.05) is 30.3 Å². The van der Waals surface area contributed by atoms with Gasteiger partial charge in [-0.3, -0.25) is 4.79 Å². The van der Waals surface area contributed by atoms with Gasteiger partial charge in [0.25, 0.3) is 5.91 Å². The summed E-state index contributed by atoms with van der Waals surface area (Å²) < 4.78 is 10.3. The maximum absolute atomic E-state index is 12.1. The zero-order chi connectivity index (χ0) is 18.4. The summed E-state index contributed by atoms with van der Waals surface area (Å²) in [6.07, 6.45) is 0. The molecule has 0 aromatic heterocycles. The van der Waals surface area contributed by atoms with E-state index in [-0.39, 0.29) is 5.91 Å². The van der Waals surface area contributed by atoms with Crippen molar-refractivity contribution < 1.29 is 19.1 Å². The molecule has 0 unspecified atom stereocenters. The second kappa shape index (κ2) is 8.16. The fourth-order valence-electron chi connectivity index (χ4n) is 2.57. The van der Waals surface area contributed by atoms with Gasteiger partial charge in [-0.2, -0.15) is 0 Å². The summed E-state index contributed by atoms with van der Waals surface area (Å²) in [4.78, 5) is 23.5. The van der Waals surface area contributed by atoms with Gasteiger partial charge in [0.05, 0.1) is 19.2 Å². The van der Waals surface area contributed by atoms with Crippen molar-refractivity contribution in [2.45, 2.75) is 0 Å². The number of carbonyl (C=O) groups is 2. The van der Waals surface area contributed by atoms with E-state index in [1.54, 1.807) is 24.3 Å². The molecule has 0 radical (unpaired) electrons.